The Hall–Kier alpha value is -0.390. The zero-order chi connectivity index (χ0) is 11.5. The summed E-state index contributed by atoms with van der Waals surface area (Å²) in [5, 5.41) is 4.47. The molecular weight excluding hydrogens is 201 g/mol. The topological polar surface area (TPSA) is 12.0 Å². The van der Waals surface area contributed by atoms with Gasteiger partial charge in [-0.15, -0.1) is 0 Å². The summed E-state index contributed by atoms with van der Waals surface area (Å²) in [6.45, 7) is 7.68. The second-order valence-electron chi connectivity index (χ2n) is 3.40. The summed E-state index contributed by atoms with van der Waals surface area (Å²) in [5.41, 5.74) is 1.43. The highest BCUT2D eigenvalue weighted by atomic mass is 31.1. The number of rotatable bonds is 4. The highest BCUT2D eigenvalue weighted by Gasteiger charge is 1.88. The molecule has 0 radical (unpaired) electrons. The Kier molecular flexibility index (Phi) is 9.88. The van der Waals surface area contributed by atoms with Crippen LogP contribution >= 0.6 is 8.58 Å². The second kappa shape index (κ2) is 10.1. The van der Waals surface area contributed by atoms with Crippen molar-refractivity contribution in [2.24, 2.45) is 0 Å². The van der Waals surface area contributed by atoms with Crippen molar-refractivity contribution in [2.45, 2.75) is 26.7 Å². The molecule has 1 N–H and O–H groups in total. The molecule has 0 amide bonds. The SMILES string of the molecule is CCCNC.CCc1ccc(PC)cc1. The Balaban J connectivity index is 0.000000336. The fourth-order valence-corrected chi connectivity index (χ4v) is 1.66. The lowest BCUT2D eigenvalue weighted by molar-refractivity contribution is 0.772. The second-order valence-corrected chi connectivity index (χ2v) is 4.48. The van der Waals surface area contributed by atoms with E-state index in [-0.39, 0.29) is 0 Å². The lowest BCUT2D eigenvalue weighted by atomic mass is 10.2. The van der Waals surface area contributed by atoms with Crippen molar-refractivity contribution in [1.29, 1.82) is 0 Å². The molecule has 0 heterocycles. The molecule has 1 aromatic carbocycles. The first-order valence-corrected chi connectivity index (χ1v) is 7.19. The van der Waals surface area contributed by atoms with Crippen LogP contribution in [0.15, 0.2) is 24.3 Å². The minimum Gasteiger partial charge on any atom is -0.320 e. The maximum Gasteiger partial charge on any atom is -0.00546 e. The zero-order valence-electron chi connectivity index (χ0n) is 10.4. The number of benzene rings is 1. The van der Waals surface area contributed by atoms with E-state index < -0.39 is 0 Å². The molecule has 1 aromatic rings. The highest BCUT2D eigenvalue weighted by Crippen LogP contribution is 2.05. The van der Waals surface area contributed by atoms with E-state index in [9.17, 15) is 0 Å². The van der Waals surface area contributed by atoms with Gasteiger partial charge in [-0.2, -0.15) is 0 Å². The van der Waals surface area contributed by atoms with Gasteiger partial charge in [0.05, 0.1) is 0 Å². The molecule has 0 spiro atoms. The van der Waals surface area contributed by atoms with Crippen molar-refractivity contribution in [3.05, 3.63) is 29.8 Å². The van der Waals surface area contributed by atoms with Gasteiger partial charge in [-0.05, 0) is 44.0 Å². The summed E-state index contributed by atoms with van der Waals surface area (Å²) in [4.78, 5) is 0. The third kappa shape index (κ3) is 7.53. The van der Waals surface area contributed by atoms with E-state index in [2.05, 4.69) is 50.1 Å². The van der Waals surface area contributed by atoms with E-state index in [0.717, 1.165) is 21.5 Å². The van der Waals surface area contributed by atoms with Gasteiger partial charge in [0.15, 0.2) is 0 Å². The molecule has 0 bridgehead atoms. The average molecular weight is 225 g/mol. The quantitative estimate of drug-likeness (QED) is 0.777. The van der Waals surface area contributed by atoms with Gasteiger partial charge < -0.3 is 5.32 Å². The molecule has 0 aliphatic carbocycles. The van der Waals surface area contributed by atoms with Crippen LogP contribution in [-0.4, -0.2) is 20.3 Å². The Bertz CT molecular complexity index is 206. The van der Waals surface area contributed by atoms with Crippen molar-refractivity contribution in [1.82, 2.24) is 5.32 Å². The maximum atomic E-state index is 3.02. The molecule has 1 atom stereocenters. The molecule has 1 rings (SSSR count). The van der Waals surface area contributed by atoms with E-state index in [0.29, 0.717) is 0 Å². The van der Waals surface area contributed by atoms with E-state index >= 15 is 0 Å². The summed E-state index contributed by atoms with van der Waals surface area (Å²) in [5.74, 6) is 0. The molecule has 15 heavy (non-hydrogen) atoms. The van der Waals surface area contributed by atoms with Crippen molar-refractivity contribution < 1.29 is 0 Å². The highest BCUT2D eigenvalue weighted by molar-refractivity contribution is 7.46. The van der Waals surface area contributed by atoms with E-state index in [4.69, 9.17) is 0 Å². The minimum atomic E-state index is 0.928. The summed E-state index contributed by atoms with van der Waals surface area (Å²) < 4.78 is 0. The molecule has 0 saturated carbocycles. The van der Waals surface area contributed by atoms with Gasteiger partial charge in [0.2, 0.25) is 0 Å². The molecule has 86 valence electrons. The summed E-state index contributed by atoms with van der Waals surface area (Å²) in [7, 11) is 2.89. The normalized spacial score (nSPS) is 10.1. The number of nitrogens with one attached hydrogen (secondary N) is 1. The summed E-state index contributed by atoms with van der Waals surface area (Å²) in [6, 6.07) is 8.87. The van der Waals surface area contributed by atoms with Gasteiger partial charge in [0.1, 0.15) is 0 Å². The van der Waals surface area contributed by atoms with Gasteiger partial charge >= 0.3 is 0 Å². The Morgan fingerprint density at radius 1 is 1.13 bits per heavy atom. The van der Waals surface area contributed by atoms with Crippen molar-refractivity contribution in [3.8, 4) is 0 Å². The van der Waals surface area contributed by atoms with Crippen LogP contribution in [0, 0.1) is 0 Å². The molecule has 0 aromatic heterocycles. The van der Waals surface area contributed by atoms with Crippen LogP contribution < -0.4 is 10.6 Å². The fourth-order valence-electron chi connectivity index (χ4n) is 1.16. The average Bonchev–Trinajstić information content (AvgIpc) is 2.31. The van der Waals surface area contributed by atoms with Crippen LogP contribution in [0.2, 0.25) is 0 Å². The standard InChI is InChI=1S/C9H13P.C4H11N/c1-3-8-4-6-9(10-2)7-5-8;1-3-4-5-2/h4-7,10H,3H2,1-2H3;5H,3-4H2,1-2H3. The van der Waals surface area contributed by atoms with Gasteiger partial charge in [-0.3, -0.25) is 0 Å². The first-order chi connectivity index (χ1) is 7.28. The Morgan fingerprint density at radius 3 is 2.00 bits per heavy atom. The monoisotopic (exact) mass is 225 g/mol. The third-order valence-electron chi connectivity index (χ3n) is 2.15. The largest absolute Gasteiger partial charge is 0.320 e. The zero-order valence-corrected chi connectivity index (χ0v) is 11.4. The maximum absolute atomic E-state index is 3.02. The van der Waals surface area contributed by atoms with Crippen LogP contribution in [0.25, 0.3) is 0 Å². The predicted octanol–water partition coefficient (Wildman–Crippen LogP) is 2.80. The van der Waals surface area contributed by atoms with Crippen LogP contribution in [0.5, 0.6) is 0 Å². The fraction of sp³-hybridized carbons (Fsp3) is 0.538. The van der Waals surface area contributed by atoms with Gasteiger partial charge in [-0.25, -0.2) is 0 Å². The van der Waals surface area contributed by atoms with E-state index in [1.54, 1.807) is 0 Å². The van der Waals surface area contributed by atoms with Crippen molar-refractivity contribution >= 4 is 13.9 Å². The third-order valence-corrected chi connectivity index (χ3v) is 3.06. The smallest absolute Gasteiger partial charge is 0.00546 e. The Morgan fingerprint density at radius 2 is 1.73 bits per heavy atom. The molecule has 0 fully saturated rings. The molecule has 0 aliphatic heterocycles. The number of hydrogen-bond donors (Lipinski definition) is 1. The molecular formula is C13H24NP. The Labute approximate surface area is 96.5 Å². The van der Waals surface area contributed by atoms with Crippen LogP contribution in [0.3, 0.4) is 0 Å². The predicted molar refractivity (Wildman–Crippen MR) is 73.9 cm³/mol. The van der Waals surface area contributed by atoms with Crippen LogP contribution in [0.1, 0.15) is 25.8 Å². The molecule has 0 saturated heterocycles. The first-order valence-electron chi connectivity index (χ1n) is 5.69. The lowest BCUT2D eigenvalue weighted by Crippen LogP contribution is -2.04. The molecule has 1 nitrogen and oxygen atoms in total. The van der Waals surface area contributed by atoms with Crippen LogP contribution in [0.4, 0.5) is 0 Å². The summed E-state index contributed by atoms with van der Waals surface area (Å²) in [6.07, 6.45) is 2.38. The first kappa shape index (κ1) is 14.6. The molecule has 0 aliphatic rings. The van der Waals surface area contributed by atoms with Gasteiger partial charge in [0.25, 0.3) is 0 Å². The number of hydrogen-bond acceptors (Lipinski definition) is 1. The van der Waals surface area contributed by atoms with Gasteiger partial charge in [0, 0.05) is 0 Å². The summed E-state index contributed by atoms with van der Waals surface area (Å²) >= 11 is 0. The minimum absolute atomic E-state index is 0.928. The van der Waals surface area contributed by atoms with E-state index in [1.165, 1.54) is 17.3 Å². The van der Waals surface area contributed by atoms with Crippen molar-refractivity contribution in [3.63, 3.8) is 0 Å². The van der Waals surface area contributed by atoms with Gasteiger partial charge in [-0.1, -0.05) is 46.7 Å². The van der Waals surface area contributed by atoms with Crippen LogP contribution in [-0.2, 0) is 6.42 Å². The van der Waals surface area contributed by atoms with E-state index in [1.807, 2.05) is 7.05 Å². The molecule has 2 heteroatoms. The van der Waals surface area contributed by atoms with Crippen molar-refractivity contribution in [2.75, 3.05) is 20.3 Å². The molecule has 1 unspecified atom stereocenters. The lowest BCUT2D eigenvalue weighted by Gasteiger charge is -1.97. The number of aryl methyl sites for hydroxylation is 1.